The molecule has 0 spiro atoms. The van der Waals surface area contributed by atoms with Crippen LogP contribution in [-0.4, -0.2) is 45.0 Å². The summed E-state index contributed by atoms with van der Waals surface area (Å²) >= 11 is 1.20. The van der Waals surface area contributed by atoms with Crippen molar-refractivity contribution in [2.24, 2.45) is 10.1 Å². The highest BCUT2D eigenvalue weighted by molar-refractivity contribution is 8.27. The molecule has 0 aliphatic carbocycles. The van der Waals surface area contributed by atoms with Crippen LogP contribution < -0.4 is 9.47 Å². The summed E-state index contributed by atoms with van der Waals surface area (Å²) in [7, 11) is 1.45. The number of carbonyl (C=O) groups excluding carboxylic acids is 2. The first kappa shape index (κ1) is 22.2. The number of rotatable bonds is 5. The van der Waals surface area contributed by atoms with Gasteiger partial charge in [-0.1, -0.05) is 24.3 Å². The molecule has 3 aromatic rings. The van der Waals surface area contributed by atoms with Crippen LogP contribution in [0, 0.1) is 5.41 Å². The Kier molecular flexibility index (Phi) is 5.94. The fourth-order valence-electron chi connectivity index (χ4n) is 3.36. The molecule has 9 nitrogen and oxygen atoms in total. The minimum atomic E-state index is -0.546. The molecule has 10 heteroatoms. The van der Waals surface area contributed by atoms with Gasteiger partial charge in [-0.15, -0.1) is 0 Å². The molecule has 0 bridgehead atoms. The van der Waals surface area contributed by atoms with E-state index in [4.69, 9.17) is 14.9 Å². The summed E-state index contributed by atoms with van der Waals surface area (Å²) in [4.78, 5) is 33.3. The number of hydrogen-bond acceptors (Lipinski definition) is 8. The van der Waals surface area contributed by atoms with Gasteiger partial charge in [0.15, 0.2) is 17.3 Å². The van der Waals surface area contributed by atoms with Crippen LogP contribution in [-0.2, 0) is 4.79 Å². The number of thioether (sulfide) groups is 1. The number of esters is 1. The Labute approximate surface area is 204 Å². The van der Waals surface area contributed by atoms with Crippen molar-refractivity contribution in [3.63, 3.8) is 0 Å². The number of amides is 1. The predicted octanol–water partition coefficient (Wildman–Crippen LogP) is 3.98. The van der Waals surface area contributed by atoms with E-state index in [0.717, 1.165) is 5.56 Å². The fourth-order valence-corrected chi connectivity index (χ4v) is 4.24. The van der Waals surface area contributed by atoms with Crippen LogP contribution >= 0.6 is 11.8 Å². The van der Waals surface area contributed by atoms with Crippen molar-refractivity contribution in [3.05, 3.63) is 95.3 Å². The largest absolute Gasteiger partial charge is 0.493 e. The maximum atomic E-state index is 12.7. The molecule has 1 amide bonds. The number of benzene rings is 2. The molecule has 0 saturated carbocycles. The van der Waals surface area contributed by atoms with Crippen molar-refractivity contribution in [3.8, 4) is 11.5 Å². The van der Waals surface area contributed by atoms with Crippen LogP contribution in [0.5, 0.6) is 11.5 Å². The Morgan fingerprint density at radius 2 is 1.91 bits per heavy atom. The molecule has 5 rings (SSSR count). The minimum Gasteiger partial charge on any atom is -0.493 e. The molecular weight excluding hydrogens is 466 g/mol. The highest BCUT2D eigenvalue weighted by Gasteiger charge is 2.36. The summed E-state index contributed by atoms with van der Waals surface area (Å²) in [5, 5.41) is 15.2. The molecule has 0 saturated heterocycles. The lowest BCUT2D eigenvalue weighted by atomic mass is 10.1. The molecule has 0 radical (unpaired) electrons. The van der Waals surface area contributed by atoms with Gasteiger partial charge in [0.25, 0.3) is 5.91 Å². The van der Waals surface area contributed by atoms with E-state index in [1.807, 2.05) is 12.1 Å². The van der Waals surface area contributed by atoms with E-state index in [1.165, 1.54) is 30.0 Å². The summed E-state index contributed by atoms with van der Waals surface area (Å²) in [6.07, 6.45) is 4.84. The Morgan fingerprint density at radius 3 is 2.66 bits per heavy atom. The molecule has 0 unspecified atom stereocenters. The number of hydrazone groups is 1. The Balaban J connectivity index is 1.40. The summed E-state index contributed by atoms with van der Waals surface area (Å²) in [6, 6.07) is 17.1. The second-order valence-corrected chi connectivity index (χ2v) is 8.29. The molecule has 3 heterocycles. The quantitative estimate of drug-likeness (QED) is 0.331. The van der Waals surface area contributed by atoms with E-state index >= 15 is 0 Å². The number of aliphatic imine (C=N–C) groups is 1. The SMILES string of the molecule is COc1cc(C=C2C(=N)N3N=C(c4cccnc4)SC3=NC2=O)ccc1OC(=O)c1ccccc1. The molecule has 1 N–H and O–H groups in total. The molecule has 1 aromatic heterocycles. The van der Waals surface area contributed by atoms with Crippen LogP contribution in [0.15, 0.2) is 88.7 Å². The van der Waals surface area contributed by atoms with E-state index in [0.29, 0.717) is 27.1 Å². The first-order valence-electron chi connectivity index (χ1n) is 10.4. The van der Waals surface area contributed by atoms with Gasteiger partial charge in [0.05, 0.1) is 18.2 Å². The third kappa shape index (κ3) is 4.46. The average Bonchev–Trinajstić information content (AvgIpc) is 3.32. The lowest BCUT2D eigenvalue weighted by Gasteiger charge is -2.20. The van der Waals surface area contributed by atoms with Gasteiger partial charge in [0.2, 0.25) is 5.17 Å². The van der Waals surface area contributed by atoms with Gasteiger partial charge in [-0.25, -0.2) is 4.79 Å². The second kappa shape index (κ2) is 9.35. The van der Waals surface area contributed by atoms with E-state index in [-0.39, 0.29) is 17.2 Å². The van der Waals surface area contributed by atoms with Crippen LogP contribution in [0.2, 0.25) is 0 Å². The Morgan fingerprint density at radius 1 is 1.09 bits per heavy atom. The van der Waals surface area contributed by atoms with Crippen molar-refractivity contribution in [1.29, 1.82) is 5.41 Å². The number of ether oxygens (including phenoxy) is 2. The van der Waals surface area contributed by atoms with Gasteiger partial charge in [-0.2, -0.15) is 15.1 Å². The zero-order valence-electron chi connectivity index (χ0n) is 18.3. The lowest BCUT2D eigenvalue weighted by molar-refractivity contribution is -0.114. The zero-order chi connectivity index (χ0) is 24.4. The number of fused-ring (bicyclic) bond motifs is 1. The summed E-state index contributed by atoms with van der Waals surface area (Å²) < 4.78 is 10.9. The number of aromatic nitrogens is 1. The Bertz CT molecular complexity index is 1430. The van der Waals surface area contributed by atoms with E-state index in [1.54, 1.807) is 60.9 Å². The molecule has 0 fully saturated rings. The topological polar surface area (TPSA) is 117 Å². The molecule has 2 aliphatic rings. The Hall–Kier alpha value is -4.57. The van der Waals surface area contributed by atoms with Crippen molar-refractivity contribution in [2.45, 2.75) is 0 Å². The maximum Gasteiger partial charge on any atom is 0.343 e. The van der Waals surface area contributed by atoms with Gasteiger partial charge in [0, 0.05) is 18.0 Å². The lowest BCUT2D eigenvalue weighted by Crippen LogP contribution is -2.35. The van der Waals surface area contributed by atoms with Gasteiger partial charge in [-0.3, -0.25) is 15.2 Å². The van der Waals surface area contributed by atoms with Crippen molar-refractivity contribution >= 4 is 45.8 Å². The molecule has 0 atom stereocenters. The molecule has 35 heavy (non-hydrogen) atoms. The number of pyridine rings is 1. The first-order chi connectivity index (χ1) is 17.0. The van der Waals surface area contributed by atoms with Crippen LogP contribution in [0.25, 0.3) is 6.08 Å². The molecular formula is C25H17N5O4S. The third-order valence-corrected chi connectivity index (χ3v) is 6.03. The van der Waals surface area contributed by atoms with Crippen molar-refractivity contribution in [2.75, 3.05) is 7.11 Å². The van der Waals surface area contributed by atoms with Crippen LogP contribution in [0.3, 0.4) is 0 Å². The number of amidine groups is 2. The van der Waals surface area contributed by atoms with Crippen molar-refractivity contribution in [1.82, 2.24) is 9.99 Å². The second-order valence-electron chi connectivity index (χ2n) is 7.33. The molecule has 2 aromatic carbocycles. The number of hydrogen-bond donors (Lipinski definition) is 1. The smallest absolute Gasteiger partial charge is 0.343 e. The summed E-state index contributed by atoms with van der Waals surface area (Å²) in [6.45, 7) is 0. The van der Waals surface area contributed by atoms with E-state index in [2.05, 4.69) is 15.1 Å². The van der Waals surface area contributed by atoms with Gasteiger partial charge < -0.3 is 9.47 Å². The number of methoxy groups -OCH3 is 1. The third-order valence-electron chi connectivity index (χ3n) is 5.07. The molecule has 2 aliphatic heterocycles. The maximum absolute atomic E-state index is 12.7. The fraction of sp³-hybridized carbons (Fsp3) is 0.0400. The first-order valence-corrected chi connectivity index (χ1v) is 11.2. The van der Waals surface area contributed by atoms with Crippen LogP contribution in [0.1, 0.15) is 21.5 Å². The van der Waals surface area contributed by atoms with E-state index in [9.17, 15) is 9.59 Å². The normalized spacial score (nSPS) is 16.0. The van der Waals surface area contributed by atoms with Gasteiger partial charge in [0.1, 0.15) is 5.04 Å². The number of nitrogens with one attached hydrogen (secondary N) is 1. The zero-order valence-corrected chi connectivity index (χ0v) is 19.2. The minimum absolute atomic E-state index is 0.0709. The average molecular weight is 484 g/mol. The van der Waals surface area contributed by atoms with Crippen LogP contribution in [0.4, 0.5) is 0 Å². The summed E-state index contributed by atoms with van der Waals surface area (Å²) in [5.74, 6) is -0.624. The highest BCUT2D eigenvalue weighted by Crippen LogP contribution is 2.33. The molecule has 172 valence electrons. The highest BCUT2D eigenvalue weighted by atomic mass is 32.2. The van der Waals surface area contributed by atoms with Gasteiger partial charge >= 0.3 is 5.97 Å². The monoisotopic (exact) mass is 483 g/mol. The van der Waals surface area contributed by atoms with Gasteiger partial charge in [-0.05, 0) is 59.8 Å². The van der Waals surface area contributed by atoms with E-state index < -0.39 is 11.9 Å². The summed E-state index contributed by atoms with van der Waals surface area (Å²) in [5.41, 5.74) is 1.81. The number of carbonyl (C=O) groups is 2. The predicted molar refractivity (Wildman–Crippen MR) is 133 cm³/mol. The standard InChI is InChI=1S/C25H17N5O4S/c1-33-20-13-15(9-10-19(20)34-24(32)16-6-3-2-4-7-16)12-18-21(26)30-25(28-22(18)31)35-23(29-30)17-8-5-11-27-14-17/h2-14,26H,1H3. The number of nitrogens with zero attached hydrogens (tertiary/aromatic N) is 4. The van der Waals surface area contributed by atoms with Crippen molar-refractivity contribution < 1.29 is 19.1 Å².